The first-order valence-corrected chi connectivity index (χ1v) is 1.90. The molecule has 0 saturated carbocycles. The molecule has 0 saturated heterocycles. The third-order valence-corrected chi connectivity index (χ3v) is 0. The second kappa shape index (κ2) is 41.2. The van der Waals surface area contributed by atoms with E-state index in [4.69, 9.17) is 0 Å². The molecule has 0 aromatic carbocycles. The van der Waals surface area contributed by atoms with E-state index in [1.54, 1.807) is 0 Å². The van der Waals surface area contributed by atoms with Crippen LogP contribution >= 0.6 is 25.3 Å². The van der Waals surface area contributed by atoms with Gasteiger partial charge in [-0.05, 0) is 0 Å². The van der Waals surface area contributed by atoms with Crippen molar-refractivity contribution in [3.63, 3.8) is 0 Å². The van der Waals surface area contributed by atoms with E-state index >= 15 is 0 Å². The van der Waals surface area contributed by atoms with Crippen molar-refractivity contribution in [3.8, 4) is 0 Å². The monoisotopic (exact) mass is 183 g/mol. The second-order valence-corrected chi connectivity index (χ2v) is 0. The molecule has 0 aliphatic heterocycles. The summed E-state index contributed by atoms with van der Waals surface area (Å²) in [4.78, 5) is 0. The Hall–Kier alpha value is 1.80. The van der Waals surface area contributed by atoms with Gasteiger partial charge in [0.25, 0.3) is 0 Å². The van der Waals surface area contributed by atoms with Gasteiger partial charge in [0, 0.05) is 0 Å². The summed E-state index contributed by atoms with van der Waals surface area (Å²) in [6, 6.07) is 0. The minimum absolute atomic E-state index is 0. The van der Waals surface area contributed by atoms with E-state index < -0.39 is 0 Å². The average molecular weight is 183 g/mol. The van der Waals surface area contributed by atoms with Crippen molar-refractivity contribution in [1.29, 1.82) is 0 Å². The van der Waals surface area contributed by atoms with E-state index in [2.05, 4.69) is 37.8 Å². The van der Waals surface area contributed by atoms with Crippen LogP contribution in [0.15, 0.2) is 0 Å². The quantitative estimate of drug-likeness (QED) is 0.411. The van der Waals surface area contributed by atoms with Gasteiger partial charge < -0.3 is 25.3 Å². The zero-order valence-corrected chi connectivity index (χ0v) is 7.51. The van der Waals surface area contributed by atoms with Crippen LogP contribution in [0.3, 0.4) is 0 Å². The molecule has 5 heavy (non-hydrogen) atoms. The van der Waals surface area contributed by atoms with E-state index in [9.17, 15) is 0 Å². The summed E-state index contributed by atoms with van der Waals surface area (Å²) in [6.45, 7) is 0. The van der Waals surface area contributed by atoms with Crippen molar-refractivity contribution in [2.24, 2.45) is 0 Å². The van der Waals surface area contributed by atoms with Crippen molar-refractivity contribution in [2.45, 2.75) is 0 Å². The number of rotatable bonds is 0. The summed E-state index contributed by atoms with van der Waals surface area (Å²) < 4.78 is 0. The smallest absolute Gasteiger partial charge is 0.372 e. The summed E-state index contributed by atoms with van der Waals surface area (Å²) in [5.74, 6) is 0. The van der Waals surface area contributed by atoms with Crippen molar-refractivity contribution < 1.29 is 32.7 Å². The molecular weight excluding hydrogens is 177 g/mol. The maximum Gasteiger partial charge on any atom is 3.00 e. The molecular formula is C2H6S2Y+. The summed E-state index contributed by atoms with van der Waals surface area (Å²) in [6.07, 6.45) is 5.89. The second-order valence-electron chi connectivity index (χ2n) is 0. The van der Waals surface area contributed by atoms with Crippen LogP contribution in [0.1, 0.15) is 0 Å². The number of thiol groups is 2. The Morgan fingerprint density at radius 2 is 0.800 bits per heavy atom. The summed E-state index contributed by atoms with van der Waals surface area (Å²) >= 11 is 6.56. The minimum atomic E-state index is 0. The Balaban J connectivity index is -0.0000000133. The predicted octanol–water partition coefficient (Wildman–Crippen LogP) is 1.41. The van der Waals surface area contributed by atoms with E-state index in [1.807, 2.05) is 0 Å². The van der Waals surface area contributed by atoms with E-state index in [0.29, 0.717) is 0 Å². The molecule has 0 aliphatic rings. The predicted molar refractivity (Wildman–Crippen MR) is 28.7 cm³/mol. The van der Waals surface area contributed by atoms with E-state index in [1.165, 1.54) is 0 Å². The first kappa shape index (κ1) is 15.8. The largest absolute Gasteiger partial charge is 3.00 e. The molecule has 0 radical (unpaired) electrons. The van der Waals surface area contributed by atoms with Gasteiger partial charge in [0.05, 0.1) is 0 Å². The Kier molecular flexibility index (Phi) is 130. The van der Waals surface area contributed by atoms with Crippen LogP contribution in [0.2, 0.25) is 0 Å². The first-order valence-electron chi connectivity index (χ1n) is 0.632. The van der Waals surface area contributed by atoms with Crippen molar-refractivity contribution >= 4 is 25.3 Å². The van der Waals surface area contributed by atoms with Crippen LogP contribution in [0.25, 0.3) is 0 Å². The van der Waals surface area contributed by atoms with Gasteiger partial charge in [-0.25, -0.2) is 0 Å². The SMILES string of the molecule is [CH2-]S.[CH2-]S.[Y+3]. The molecule has 0 heterocycles. The molecule has 0 N–H and O–H groups in total. The molecule has 0 rings (SSSR count). The fraction of sp³-hybridized carbons (Fsp3) is 0. The average Bonchev–Trinajstić information content (AvgIpc) is 1.50. The minimum Gasteiger partial charge on any atom is -0.372 e. The number of hydrogen-bond acceptors (Lipinski definition) is 2. The molecule has 3 heteroatoms. The van der Waals surface area contributed by atoms with Crippen LogP contribution in [-0.2, 0) is 32.7 Å². The molecule has 0 bridgehead atoms. The van der Waals surface area contributed by atoms with Gasteiger partial charge in [0.15, 0.2) is 0 Å². The normalized spacial score (nSPS) is 2.40. The van der Waals surface area contributed by atoms with Gasteiger partial charge in [-0.2, -0.15) is 0 Å². The maximum atomic E-state index is 3.28. The standard InChI is InChI=1S/2CH3S.Y/c2*1-2;/h2*2H,1H2;/q2*-1;+3. The molecule has 0 amide bonds. The fourth-order valence-corrected chi connectivity index (χ4v) is 0. The Bertz CT molecular complexity index is 7.61. The Morgan fingerprint density at radius 1 is 0.800 bits per heavy atom. The molecule has 0 aromatic rings. The van der Waals surface area contributed by atoms with Crippen LogP contribution in [0, 0.1) is 12.5 Å². The molecule has 0 fully saturated rings. The van der Waals surface area contributed by atoms with Crippen molar-refractivity contribution in [3.05, 3.63) is 12.5 Å². The van der Waals surface area contributed by atoms with Gasteiger partial charge in [-0.15, -0.1) is 0 Å². The summed E-state index contributed by atoms with van der Waals surface area (Å²) in [5, 5.41) is 0. The Morgan fingerprint density at radius 3 is 0.800 bits per heavy atom. The van der Waals surface area contributed by atoms with Crippen LogP contribution in [-0.4, -0.2) is 0 Å². The van der Waals surface area contributed by atoms with Crippen LogP contribution < -0.4 is 0 Å². The third-order valence-electron chi connectivity index (χ3n) is 0. The molecule has 0 spiro atoms. The fourth-order valence-electron chi connectivity index (χ4n) is 0. The zero-order chi connectivity index (χ0) is 4.00. The molecule has 28 valence electrons. The molecule has 0 aliphatic carbocycles. The van der Waals surface area contributed by atoms with Gasteiger partial charge >= 0.3 is 32.7 Å². The topological polar surface area (TPSA) is 0 Å². The van der Waals surface area contributed by atoms with Gasteiger partial charge in [0.1, 0.15) is 0 Å². The molecule has 0 unspecified atom stereocenters. The first-order chi connectivity index (χ1) is 2.00. The van der Waals surface area contributed by atoms with E-state index in [-0.39, 0.29) is 32.7 Å². The number of hydrogen-bond donors (Lipinski definition) is 2. The van der Waals surface area contributed by atoms with Gasteiger partial charge in [-0.1, -0.05) is 0 Å². The maximum absolute atomic E-state index is 3.28. The third kappa shape index (κ3) is 25.8. The van der Waals surface area contributed by atoms with Crippen LogP contribution in [0.4, 0.5) is 0 Å². The molecule has 0 nitrogen and oxygen atoms in total. The van der Waals surface area contributed by atoms with Crippen LogP contribution in [0.5, 0.6) is 0 Å². The van der Waals surface area contributed by atoms with Gasteiger partial charge in [-0.3, -0.25) is 12.5 Å². The zero-order valence-electron chi connectivity index (χ0n) is 2.89. The Labute approximate surface area is 69.8 Å². The summed E-state index contributed by atoms with van der Waals surface area (Å²) in [7, 11) is 0. The van der Waals surface area contributed by atoms with Crippen molar-refractivity contribution in [2.75, 3.05) is 0 Å². The van der Waals surface area contributed by atoms with Gasteiger partial charge in [0.2, 0.25) is 0 Å². The van der Waals surface area contributed by atoms with Crippen molar-refractivity contribution in [1.82, 2.24) is 0 Å². The molecule has 0 atom stereocenters. The molecule has 0 aromatic heterocycles. The van der Waals surface area contributed by atoms with E-state index in [0.717, 1.165) is 0 Å². The summed E-state index contributed by atoms with van der Waals surface area (Å²) in [5.41, 5.74) is 0.